The summed E-state index contributed by atoms with van der Waals surface area (Å²) in [6.45, 7) is 0. The summed E-state index contributed by atoms with van der Waals surface area (Å²) in [4.78, 5) is 0. The van der Waals surface area contributed by atoms with Gasteiger partial charge in [-0.25, -0.2) is 30.4 Å². The van der Waals surface area contributed by atoms with Gasteiger partial charge in [-0.1, -0.05) is 0 Å². The van der Waals surface area contributed by atoms with Crippen LogP contribution in [0.3, 0.4) is 0 Å². The fourth-order valence-electron chi connectivity index (χ4n) is 1.64. The van der Waals surface area contributed by atoms with Crippen molar-refractivity contribution in [2.75, 3.05) is 0 Å². The van der Waals surface area contributed by atoms with Crippen molar-refractivity contribution in [3.8, 4) is 0 Å². The molecule has 0 saturated carbocycles. The van der Waals surface area contributed by atoms with Gasteiger partial charge in [-0.3, -0.25) is 0 Å². The van der Waals surface area contributed by atoms with Gasteiger partial charge in [0, 0.05) is 0 Å². The van der Waals surface area contributed by atoms with Crippen molar-refractivity contribution in [1.29, 1.82) is 0 Å². The van der Waals surface area contributed by atoms with Crippen LogP contribution in [0.4, 0.5) is 74.6 Å². The molecule has 0 amide bonds. The van der Waals surface area contributed by atoms with Crippen LogP contribution in [-0.2, 0) is 10.1 Å². The van der Waals surface area contributed by atoms with Crippen LogP contribution in [0.5, 0.6) is 0 Å². The van der Waals surface area contributed by atoms with Gasteiger partial charge < -0.3 is 4.55 Å². The average molecular weight is 566 g/mol. The largest absolute Gasteiger partial charge is 1.00 e. The molecule has 3 unspecified atom stereocenters. The quantitative estimate of drug-likeness (QED) is 0.230. The van der Waals surface area contributed by atoms with E-state index in [1.54, 1.807) is 0 Å². The zero-order chi connectivity index (χ0) is 25.8. The van der Waals surface area contributed by atoms with Gasteiger partial charge in [-0.2, -0.15) is 52.7 Å². The molecule has 0 aliphatic rings. The van der Waals surface area contributed by atoms with E-state index in [1.807, 2.05) is 0 Å². The van der Waals surface area contributed by atoms with Crippen molar-refractivity contribution in [3.63, 3.8) is 0 Å². The van der Waals surface area contributed by atoms with Crippen LogP contribution >= 0.6 is 0 Å². The molecule has 22 heteroatoms. The van der Waals surface area contributed by atoms with Gasteiger partial charge in [0.15, 0.2) is 6.17 Å². The minimum atomic E-state index is -8.64. The number of rotatable bonds is 10. The number of alkyl halides is 17. The summed E-state index contributed by atoms with van der Waals surface area (Å²) < 4.78 is 250. The van der Waals surface area contributed by atoms with Gasteiger partial charge in [-0.05, 0) is 0 Å². The monoisotopic (exact) mass is 566 g/mol. The topological polar surface area (TPSA) is 57.2 Å². The minimum absolute atomic E-state index is 0. The van der Waals surface area contributed by atoms with E-state index in [0.29, 0.717) is 0 Å². The molecule has 0 aliphatic heterocycles. The van der Waals surface area contributed by atoms with Crippen LogP contribution in [0.15, 0.2) is 0 Å². The van der Waals surface area contributed by atoms with Gasteiger partial charge in [0.2, 0.25) is 6.17 Å². The second-order valence-corrected chi connectivity index (χ2v) is 6.93. The van der Waals surface area contributed by atoms with Crippen molar-refractivity contribution >= 4 is 10.1 Å². The van der Waals surface area contributed by atoms with E-state index in [2.05, 4.69) is 0 Å². The van der Waals surface area contributed by atoms with Crippen LogP contribution in [-0.4, -0.2) is 72.8 Å². The molecule has 0 N–H and O–H groups in total. The Morgan fingerprint density at radius 1 is 0.562 bits per heavy atom. The molecule has 0 rings (SSSR count). The molecule has 32 heavy (non-hydrogen) atoms. The van der Waals surface area contributed by atoms with Crippen molar-refractivity contribution in [2.45, 2.75) is 59.8 Å². The van der Waals surface area contributed by atoms with Gasteiger partial charge in [0.05, 0.1) is 0 Å². The molecule has 0 aliphatic carbocycles. The molecular weight excluding hydrogens is 562 g/mol. The maximum absolute atomic E-state index is 13.3. The summed E-state index contributed by atoms with van der Waals surface area (Å²) in [5.74, 6) is -49.6. The summed E-state index contributed by atoms with van der Waals surface area (Å²) in [7, 11) is -7.40. The van der Waals surface area contributed by atoms with E-state index < -0.39 is 69.9 Å². The van der Waals surface area contributed by atoms with Crippen LogP contribution in [0, 0.1) is 0 Å². The van der Waals surface area contributed by atoms with Crippen molar-refractivity contribution in [2.24, 2.45) is 0 Å². The first-order valence-corrected chi connectivity index (χ1v) is 8.06. The second-order valence-electron chi connectivity index (χ2n) is 5.53. The van der Waals surface area contributed by atoms with E-state index in [1.165, 1.54) is 0 Å². The normalized spacial score (nSPS) is 18.2. The second kappa shape index (κ2) is 9.78. The van der Waals surface area contributed by atoms with Gasteiger partial charge in [0.25, 0.3) is 11.9 Å². The number of hydrogen-bond acceptors (Lipinski definition) is 3. The first kappa shape index (κ1) is 34.5. The van der Waals surface area contributed by atoms with E-state index in [4.69, 9.17) is 0 Å². The maximum atomic E-state index is 13.3. The number of hydrogen-bond donors (Lipinski definition) is 0. The van der Waals surface area contributed by atoms with Crippen molar-refractivity contribution in [3.05, 3.63) is 0 Å². The fraction of sp³-hybridized carbons (Fsp3) is 1.00. The van der Waals surface area contributed by atoms with Gasteiger partial charge in [-0.15, -0.1) is 0 Å². The zero-order valence-corrected chi connectivity index (χ0v) is 18.3. The Morgan fingerprint density at radius 3 is 1.09 bits per heavy atom. The molecule has 0 fully saturated rings. The van der Waals surface area contributed by atoms with Crippen LogP contribution < -0.4 is 51.4 Å². The van der Waals surface area contributed by atoms with E-state index in [-0.39, 0.29) is 51.4 Å². The molecule has 0 spiro atoms. The summed E-state index contributed by atoms with van der Waals surface area (Å²) in [6.07, 6.45) is -15.9. The van der Waals surface area contributed by atoms with Crippen LogP contribution in [0.1, 0.15) is 0 Å². The summed E-state index contributed by atoms with van der Waals surface area (Å²) in [6, 6.07) is 0. The first-order chi connectivity index (χ1) is 13.2. The maximum Gasteiger partial charge on any atom is 1.00 e. The first-order valence-electron chi connectivity index (χ1n) is 6.59. The molecule has 3 nitrogen and oxygen atoms in total. The van der Waals surface area contributed by atoms with Gasteiger partial charge >= 0.3 is 86.9 Å². The molecule has 0 aromatic carbocycles. The van der Waals surface area contributed by atoms with Crippen LogP contribution in [0.25, 0.3) is 0 Å². The Bertz CT molecular complexity index is 754. The Morgan fingerprint density at radius 2 is 0.844 bits per heavy atom. The molecule has 0 radical (unpaired) electrons. The molecular formula is C10H4F17KO3S. The van der Waals surface area contributed by atoms with Gasteiger partial charge in [0.1, 0.15) is 10.1 Å². The summed E-state index contributed by atoms with van der Waals surface area (Å²) in [5.41, 5.74) is -6.03. The SMILES string of the molecule is O=S(=O)([O-])C(F)C(F)(F)C(F)(F)C(F)(F)C(F)(F)C(F)(F)C(F)(F)C(F)C(F)C(F)F.[K+]. The van der Waals surface area contributed by atoms with Crippen molar-refractivity contribution < 1.29 is 139 Å². The third-order valence-electron chi connectivity index (χ3n) is 3.43. The molecule has 3 atom stereocenters. The fourth-order valence-corrected chi connectivity index (χ4v) is 2.15. The molecule has 0 heterocycles. The predicted octanol–water partition coefficient (Wildman–Crippen LogP) is 1.58. The third-order valence-corrected chi connectivity index (χ3v) is 4.23. The molecule has 0 saturated heterocycles. The molecule has 188 valence electrons. The smallest absolute Gasteiger partial charge is 0.746 e. The molecule has 0 aromatic heterocycles. The predicted molar refractivity (Wildman–Crippen MR) is 60.1 cm³/mol. The molecule has 0 bridgehead atoms. The summed E-state index contributed by atoms with van der Waals surface area (Å²) >= 11 is 0. The molecule has 0 aromatic rings. The zero-order valence-electron chi connectivity index (χ0n) is 14.4. The summed E-state index contributed by atoms with van der Waals surface area (Å²) in [5, 5.41) is 0. The van der Waals surface area contributed by atoms with Crippen molar-refractivity contribution in [1.82, 2.24) is 0 Å². The number of halogens is 17. The third kappa shape index (κ3) is 5.14. The minimum Gasteiger partial charge on any atom is -0.746 e. The van der Waals surface area contributed by atoms with Crippen LogP contribution in [0.2, 0.25) is 0 Å². The Labute approximate surface area is 207 Å². The Kier molecular flexibility index (Phi) is 10.6. The average Bonchev–Trinajstić information content (AvgIpc) is 2.57. The van der Waals surface area contributed by atoms with E-state index in [9.17, 15) is 87.6 Å². The van der Waals surface area contributed by atoms with E-state index >= 15 is 0 Å². The Hall–Kier alpha value is 0.356. The standard InChI is InChI=1S/C10H5F17O3S.K/c11-1(3(13)14)2(12)5(16,17)7(20,21)9(24,25)10(26,27)8(22,23)6(18,19)4(15)31(28,29)30;/h1-4H,(H,28,29,30);/q;+1/p-1. The van der Waals surface area contributed by atoms with E-state index in [0.717, 1.165) is 0 Å². The Balaban J connectivity index is 0.